The number of halogens is 3. The Labute approximate surface area is 557 Å². The molecule has 6 aromatic heterocycles. The van der Waals surface area contributed by atoms with E-state index < -0.39 is 5.91 Å². The van der Waals surface area contributed by atoms with Gasteiger partial charge in [-0.3, -0.25) is 14.4 Å². The average molecular weight is 1320 g/mol. The number of amides is 3. The van der Waals surface area contributed by atoms with E-state index in [4.69, 9.17) is 50.0 Å². The molecule has 8 heterocycles. The first-order chi connectivity index (χ1) is 45.9. The topological polar surface area (TPSA) is 218 Å². The molecule has 6 aromatic carbocycles. The molecule has 0 unspecified atom stereocenters. The Kier molecular flexibility index (Phi) is 19.6. The molecule has 0 radical (unpaired) electrons. The molecule has 0 atom stereocenters. The molecule has 2 aliphatic rings. The lowest BCUT2D eigenvalue weighted by molar-refractivity contribution is 0.0975. The molecule has 0 bridgehead atoms. The number of carbonyl (C=O) groups excluding carboxylic acids is 3. The summed E-state index contributed by atoms with van der Waals surface area (Å²) in [5, 5.41) is 12.8. The number of anilines is 4. The second-order valence-corrected chi connectivity index (χ2v) is 23.4. The minimum atomic E-state index is -0.467. The van der Waals surface area contributed by atoms with Gasteiger partial charge >= 0.3 is 0 Å². The second-order valence-electron chi connectivity index (χ2n) is 22.3. The number of aliphatic hydroxyl groups excluding tert-OH is 1. The van der Waals surface area contributed by atoms with Gasteiger partial charge in [-0.2, -0.15) is 0 Å². The van der Waals surface area contributed by atoms with Gasteiger partial charge in [0.1, 0.15) is 70.2 Å². The highest BCUT2D eigenvalue weighted by Crippen LogP contribution is 2.38. The molecule has 2 aliphatic heterocycles. The zero-order valence-corrected chi connectivity index (χ0v) is 54.1. The normalized spacial score (nSPS) is 12.8. The number of carbonyl (C=O) groups is 3. The lowest BCUT2D eigenvalue weighted by atomic mass is 10.1. The fraction of sp³-hybridized carbons (Fsp3) is 0.208. The molecule has 19 nitrogen and oxygen atoms in total. The molecule has 14 rings (SSSR count). The van der Waals surface area contributed by atoms with Gasteiger partial charge in [0.05, 0.1) is 19.7 Å². The van der Waals surface area contributed by atoms with Gasteiger partial charge in [-0.1, -0.05) is 147 Å². The van der Waals surface area contributed by atoms with Gasteiger partial charge < -0.3 is 48.7 Å². The molecule has 3 amide bonds. The standard InChI is InChI=1S/C24H22Cl2N4O2.C24H21ClN4O2.C24H23N5O2/c1-2-10-30-19-9-8-18(13-17(19)14-20(30)16-6-4-3-5-7-16)29(11-12-31)24(32)21-22(25)27-15-28-23(21)26;2*1-2-10-29-19-9-8-18(13-17(19)14-20(29)16-6-4-3-5-7-16)28-11-12-31-23-21(24(28)30)22(25)26-15-27-23/h3-9,13-15,31H,2,10-12H2,1H3;3-9,13-15H,2,10-12H2,1H3;3-9,13-15H,2,10-12H2,1H3,(H2,25,26,27). The molecule has 12 aromatic rings. The first-order valence-corrected chi connectivity index (χ1v) is 32.2. The summed E-state index contributed by atoms with van der Waals surface area (Å²) in [6, 6.07) is 55.4. The summed E-state index contributed by atoms with van der Waals surface area (Å²) in [4.78, 5) is 68.4. The molecular weight excluding hydrogens is 1250 g/mol. The Morgan fingerprint density at radius 2 is 0.915 bits per heavy atom. The van der Waals surface area contributed by atoms with Crippen LogP contribution in [-0.4, -0.2) is 106 Å². The van der Waals surface area contributed by atoms with E-state index in [0.717, 1.165) is 94.2 Å². The quantitative estimate of drug-likeness (QED) is 0.0914. The molecule has 22 heteroatoms. The molecule has 94 heavy (non-hydrogen) atoms. The number of nitrogens with zero attached hydrogens (tertiary/aromatic N) is 12. The maximum absolute atomic E-state index is 13.3. The molecule has 3 N–H and O–H groups in total. The Balaban J connectivity index is 0.000000135. The maximum Gasteiger partial charge on any atom is 0.267 e. The zero-order valence-electron chi connectivity index (χ0n) is 51.9. The number of fused-ring (bicyclic) bond motifs is 5. The van der Waals surface area contributed by atoms with Crippen LogP contribution in [0.5, 0.6) is 11.8 Å². The van der Waals surface area contributed by atoms with E-state index in [0.29, 0.717) is 32.0 Å². The second kappa shape index (κ2) is 28.8. The molecule has 0 aliphatic carbocycles. The van der Waals surface area contributed by atoms with Crippen molar-refractivity contribution in [2.75, 3.05) is 59.9 Å². The van der Waals surface area contributed by atoms with E-state index in [-0.39, 0.29) is 74.7 Å². The first kappa shape index (κ1) is 63.9. The molecule has 0 saturated heterocycles. The number of aryl methyl sites for hydroxylation is 3. The van der Waals surface area contributed by atoms with Crippen molar-refractivity contribution in [3.05, 3.63) is 215 Å². The average Bonchev–Trinajstić information content (AvgIpc) is 1.67. The van der Waals surface area contributed by atoms with Crippen LogP contribution in [0.3, 0.4) is 0 Å². The van der Waals surface area contributed by atoms with Crippen molar-refractivity contribution < 1.29 is 29.0 Å². The number of aromatic nitrogens is 9. The van der Waals surface area contributed by atoms with Crippen molar-refractivity contribution in [1.82, 2.24) is 43.6 Å². The SMILES string of the molecule is CCCn1c(-c2ccccc2)cc2cc(N(CCO)C(=O)c3c(Cl)ncnc3Cl)ccc21.CCCn1c(-c2ccccc2)cc2cc(N3CCOc4ncnc(Cl)c4C3=O)ccc21.CCCn1c(-c2ccccc2)cc2cc(N3CCOc4ncnc(N)c4C3=O)ccc21. The van der Waals surface area contributed by atoms with Crippen LogP contribution in [0.2, 0.25) is 15.5 Å². The van der Waals surface area contributed by atoms with Crippen molar-refractivity contribution in [2.24, 2.45) is 0 Å². The van der Waals surface area contributed by atoms with E-state index >= 15 is 0 Å². The maximum atomic E-state index is 13.3. The number of ether oxygens (including phenoxy) is 2. The van der Waals surface area contributed by atoms with Gasteiger partial charge in [0, 0.05) is 93.0 Å². The summed E-state index contributed by atoms with van der Waals surface area (Å²) in [7, 11) is 0. The first-order valence-electron chi connectivity index (χ1n) is 31.0. The number of hydrogen-bond acceptors (Lipinski definition) is 13. The van der Waals surface area contributed by atoms with Crippen LogP contribution < -0.4 is 29.9 Å². The minimum absolute atomic E-state index is 0.0120. The largest absolute Gasteiger partial charge is 0.475 e. The Morgan fingerprint density at radius 1 is 0.511 bits per heavy atom. The fourth-order valence-corrected chi connectivity index (χ4v) is 12.8. The van der Waals surface area contributed by atoms with Gasteiger partial charge in [-0.25, -0.2) is 29.9 Å². The summed E-state index contributed by atoms with van der Waals surface area (Å²) in [5.41, 5.74) is 18.9. The highest BCUT2D eigenvalue weighted by atomic mass is 35.5. The van der Waals surface area contributed by atoms with Gasteiger partial charge in [-0.15, -0.1) is 0 Å². The van der Waals surface area contributed by atoms with Crippen LogP contribution in [0, 0.1) is 0 Å². The summed E-state index contributed by atoms with van der Waals surface area (Å²) >= 11 is 18.5. The third-order valence-corrected chi connectivity index (χ3v) is 17.2. The predicted octanol–water partition coefficient (Wildman–Crippen LogP) is 14.8. The van der Waals surface area contributed by atoms with Crippen LogP contribution in [0.1, 0.15) is 71.1 Å². The van der Waals surface area contributed by atoms with Gasteiger partial charge in [0.25, 0.3) is 17.7 Å². The van der Waals surface area contributed by atoms with Crippen LogP contribution >= 0.6 is 34.8 Å². The minimum Gasteiger partial charge on any atom is -0.475 e. The molecule has 0 saturated carbocycles. The number of nitrogen functional groups attached to an aromatic ring is 1. The highest BCUT2D eigenvalue weighted by molar-refractivity contribution is 6.39. The number of rotatable bonds is 15. The summed E-state index contributed by atoms with van der Waals surface area (Å²) < 4.78 is 18.3. The predicted molar refractivity (Wildman–Crippen MR) is 372 cm³/mol. The van der Waals surface area contributed by atoms with Crippen LogP contribution in [-0.2, 0) is 19.6 Å². The van der Waals surface area contributed by atoms with Crippen molar-refractivity contribution in [1.29, 1.82) is 0 Å². The van der Waals surface area contributed by atoms with Crippen molar-refractivity contribution >= 4 is 108 Å². The Hall–Kier alpha value is -10.2. The van der Waals surface area contributed by atoms with E-state index in [1.54, 1.807) is 9.80 Å². The molecule has 0 spiro atoms. The fourth-order valence-electron chi connectivity index (χ4n) is 12.1. The summed E-state index contributed by atoms with van der Waals surface area (Å²) in [6.45, 7) is 10.5. The van der Waals surface area contributed by atoms with Crippen molar-refractivity contribution in [3.63, 3.8) is 0 Å². The molecule has 476 valence electrons. The third kappa shape index (κ3) is 13.0. The smallest absolute Gasteiger partial charge is 0.267 e. The number of hydrogen-bond donors (Lipinski definition) is 2. The molecule has 0 fully saturated rings. The molecular formula is C72H66Cl3N13O6. The lowest BCUT2D eigenvalue weighted by Gasteiger charge is -2.23. The van der Waals surface area contributed by atoms with Crippen LogP contribution in [0.4, 0.5) is 22.9 Å². The third-order valence-electron chi connectivity index (χ3n) is 16.3. The summed E-state index contributed by atoms with van der Waals surface area (Å²) in [5.74, 6) is -0.376. The highest BCUT2D eigenvalue weighted by Gasteiger charge is 2.32. The van der Waals surface area contributed by atoms with Gasteiger partial charge in [-0.05, 0) is 109 Å². The van der Waals surface area contributed by atoms with E-state index in [1.807, 2.05) is 72.8 Å². The lowest BCUT2D eigenvalue weighted by Crippen LogP contribution is -2.34. The van der Waals surface area contributed by atoms with E-state index in [9.17, 15) is 19.5 Å². The Bertz CT molecular complexity index is 4520. The number of benzene rings is 6. The monoisotopic (exact) mass is 1310 g/mol. The van der Waals surface area contributed by atoms with E-state index in [1.165, 1.54) is 46.4 Å². The zero-order chi connectivity index (χ0) is 65.4. The number of nitrogens with two attached hydrogens (primary N) is 1. The van der Waals surface area contributed by atoms with Crippen LogP contribution in [0.15, 0.2) is 183 Å². The van der Waals surface area contributed by atoms with Crippen molar-refractivity contribution in [3.8, 4) is 45.5 Å². The van der Waals surface area contributed by atoms with Crippen molar-refractivity contribution in [2.45, 2.75) is 59.7 Å². The van der Waals surface area contributed by atoms with Crippen LogP contribution in [0.25, 0.3) is 66.5 Å². The Morgan fingerprint density at radius 3 is 1.37 bits per heavy atom. The number of aliphatic hydroxyl groups is 1. The summed E-state index contributed by atoms with van der Waals surface area (Å²) in [6.07, 6.45) is 6.87. The van der Waals surface area contributed by atoms with Gasteiger partial charge in [0.2, 0.25) is 11.8 Å². The van der Waals surface area contributed by atoms with E-state index in [2.05, 4.69) is 155 Å². The van der Waals surface area contributed by atoms with Gasteiger partial charge in [0.15, 0.2) is 0 Å².